The molecule has 3 atom stereocenters. The van der Waals surface area contributed by atoms with Gasteiger partial charge in [-0.05, 0) is 48.9 Å². The molecule has 2 aliphatic heterocycles. The summed E-state index contributed by atoms with van der Waals surface area (Å²) in [6.07, 6.45) is -4.11. The molecule has 3 unspecified atom stereocenters. The van der Waals surface area contributed by atoms with Gasteiger partial charge >= 0.3 is 29.9 Å². The van der Waals surface area contributed by atoms with E-state index in [1.165, 1.54) is 56.7 Å². The highest BCUT2D eigenvalue weighted by Crippen LogP contribution is 2.39. The van der Waals surface area contributed by atoms with E-state index in [2.05, 4.69) is 5.32 Å². The van der Waals surface area contributed by atoms with E-state index in [4.69, 9.17) is 9.84 Å². The van der Waals surface area contributed by atoms with Crippen molar-refractivity contribution in [1.82, 2.24) is 19.2 Å². The van der Waals surface area contributed by atoms with Gasteiger partial charge in [-0.3, -0.25) is 9.69 Å². The quantitative estimate of drug-likeness (QED) is 0.411. The summed E-state index contributed by atoms with van der Waals surface area (Å²) in [5.74, 6) is -3.47. The number of aromatic carboxylic acids is 1. The average molecular weight is 603 g/mol. The molecule has 6 rings (SSSR count). The van der Waals surface area contributed by atoms with E-state index in [1.807, 2.05) is 0 Å². The Labute approximate surface area is 240 Å². The molecule has 2 amide bonds. The molecule has 3 heterocycles. The number of fused-ring (bicyclic) bond motifs is 1. The molecule has 226 valence electrons. The van der Waals surface area contributed by atoms with Crippen molar-refractivity contribution in [3.8, 4) is 5.69 Å². The lowest BCUT2D eigenvalue weighted by molar-refractivity contribution is -0.132. The van der Waals surface area contributed by atoms with Crippen LogP contribution in [0.15, 0.2) is 52.1 Å². The lowest BCUT2D eigenvalue weighted by Crippen LogP contribution is -2.34. The standard InChI is InChI=1S/C27H25F3N6O7/c28-18-11-16(33-13-21(43-27(33)42)17-12-19(17)31-23(37)22(29)30)5-6-20(18)32-7-9-34-25(40)36(26(41)35(34)10-8-32)15-3-1-14(2-4-15)24(38)39/h1-6,11,17,19,21-22H,7-10,12-13H2,(H,31,37)(H,38,39). The van der Waals surface area contributed by atoms with Crippen LogP contribution >= 0.6 is 0 Å². The number of nitrogens with one attached hydrogen (secondary N) is 1. The van der Waals surface area contributed by atoms with Crippen molar-refractivity contribution < 1.29 is 37.4 Å². The fourth-order valence-electron chi connectivity index (χ4n) is 5.59. The van der Waals surface area contributed by atoms with E-state index < -0.39 is 53.7 Å². The van der Waals surface area contributed by atoms with Crippen molar-refractivity contribution >= 4 is 29.3 Å². The highest BCUT2D eigenvalue weighted by molar-refractivity contribution is 5.90. The van der Waals surface area contributed by atoms with Crippen molar-refractivity contribution in [3.63, 3.8) is 0 Å². The summed E-state index contributed by atoms with van der Waals surface area (Å²) in [6.45, 7) is 0.592. The molecule has 1 aliphatic carbocycles. The highest BCUT2D eigenvalue weighted by atomic mass is 19.3. The summed E-state index contributed by atoms with van der Waals surface area (Å²) in [4.78, 5) is 64.0. The number of carboxylic acids is 1. The molecule has 13 nitrogen and oxygen atoms in total. The molecule has 2 aromatic carbocycles. The number of hydrogen-bond acceptors (Lipinski definition) is 7. The van der Waals surface area contributed by atoms with Gasteiger partial charge in [-0.15, -0.1) is 0 Å². The topological polar surface area (TPSA) is 148 Å². The fraction of sp³-hybridized carbons (Fsp3) is 0.370. The van der Waals surface area contributed by atoms with Crippen molar-refractivity contribution in [2.45, 2.75) is 38.1 Å². The number of cyclic esters (lactones) is 1. The molecular formula is C27H25F3N6O7. The first-order valence-corrected chi connectivity index (χ1v) is 13.4. The zero-order valence-electron chi connectivity index (χ0n) is 22.4. The number of alkyl halides is 2. The van der Waals surface area contributed by atoms with E-state index in [9.17, 15) is 32.8 Å². The second kappa shape index (κ2) is 10.7. The fourth-order valence-corrected chi connectivity index (χ4v) is 5.59. The summed E-state index contributed by atoms with van der Waals surface area (Å²) < 4.78 is 49.2. The normalized spacial score (nSPS) is 21.4. The van der Waals surface area contributed by atoms with Crippen LogP contribution in [-0.2, 0) is 22.6 Å². The molecule has 3 aliphatic rings. The summed E-state index contributed by atoms with van der Waals surface area (Å²) in [6, 6.07) is 9.03. The van der Waals surface area contributed by atoms with Gasteiger partial charge in [0.1, 0.15) is 11.9 Å². The van der Waals surface area contributed by atoms with Crippen LogP contribution in [-0.4, -0.2) is 75.2 Å². The van der Waals surface area contributed by atoms with Gasteiger partial charge < -0.3 is 20.1 Å². The Hall–Kier alpha value is -5.02. The van der Waals surface area contributed by atoms with Crippen LogP contribution in [0.25, 0.3) is 5.69 Å². The van der Waals surface area contributed by atoms with Crippen LogP contribution in [0, 0.1) is 11.7 Å². The Morgan fingerprint density at radius 2 is 1.56 bits per heavy atom. The van der Waals surface area contributed by atoms with Gasteiger partial charge in [0.15, 0.2) is 0 Å². The average Bonchev–Trinajstić information content (AvgIpc) is 3.63. The van der Waals surface area contributed by atoms with Gasteiger partial charge in [-0.25, -0.2) is 37.5 Å². The van der Waals surface area contributed by atoms with Crippen LogP contribution in [0.1, 0.15) is 16.8 Å². The first-order valence-electron chi connectivity index (χ1n) is 13.4. The molecule has 43 heavy (non-hydrogen) atoms. The number of benzene rings is 2. The van der Waals surface area contributed by atoms with Gasteiger partial charge in [0.05, 0.1) is 42.3 Å². The van der Waals surface area contributed by atoms with Crippen molar-refractivity contribution in [2.24, 2.45) is 5.92 Å². The van der Waals surface area contributed by atoms with Gasteiger partial charge in [0, 0.05) is 25.0 Å². The van der Waals surface area contributed by atoms with Crippen LogP contribution in [0.5, 0.6) is 0 Å². The SMILES string of the molecule is O=C(O)c1ccc(-n2c(=O)n3n(c2=O)CCN(c2ccc(N4CC(C5CC5NC(=O)C(F)F)OC4=O)cc2F)CC3)cc1. The Kier molecular flexibility index (Phi) is 6.98. The first kappa shape index (κ1) is 28.1. The monoisotopic (exact) mass is 602 g/mol. The van der Waals surface area contributed by atoms with Gasteiger partial charge in [0.25, 0.3) is 5.91 Å². The second-order valence-corrected chi connectivity index (χ2v) is 10.5. The highest BCUT2D eigenvalue weighted by Gasteiger charge is 2.50. The van der Waals surface area contributed by atoms with Crippen molar-refractivity contribution in [2.75, 3.05) is 29.4 Å². The van der Waals surface area contributed by atoms with Crippen LogP contribution < -0.4 is 26.5 Å². The number of halogens is 3. The molecule has 0 spiro atoms. The number of aromatic nitrogens is 3. The van der Waals surface area contributed by atoms with Gasteiger partial charge in [0.2, 0.25) is 0 Å². The number of amides is 2. The Bertz CT molecular complexity index is 1690. The number of anilines is 2. The molecule has 2 fully saturated rings. The summed E-state index contributed by atoms with van der Waals surface area (Å²) in [5.41, 5.74) is -0.551. The number of carboxylic acid groups (broad SMARTS) is 1. The Morgan fingerprint density at radius 1 is 0.930 bits per heavy atom. The van der Waals surface area contributed by atoms with E-state index >= 15 is 4.39 Å². The maximum absolute atomic E-state index is 15.4. The van der Waals surface area contributed by atoms with E-state index in [0.29, 0.717) is 6.42 Å². The van der Waals surface area contributed by atoms with Gasteiger partial charge in [-0.2, -0.15) is 8.78 Å². The minimum atomic E-state index is -3.14. The van der Waals surface area contributed by atoms with Crippen molar-refractivity contribution in [3.05, 3.63) is 74.8 Å². The molecule has 1 saturated carbocycles. The lowest BCUT2D eigenvalue weighted by Gasteiger charge is -2.23. The molecule has 16 heteroatoms. The smallest absolute Gasteiger partial charge is 0.414 e. The van der Waals surface area contributed by atoms with Crippen molar-refractivity contribution in [1.29, 1.82) is 0 Å². The number of nitrogens with zero attached hydrogens (tertiary/aromatic N) is 5. The molecular weight excluding hydrogens is 577 g/mol. The number of carbonyl (C=O) groups is 3. The number of ether oxygens (including phenoxy) is 1. The third-order valence-electron chi connectivity index (χ3n) is 7.91. The van der Waals surface area contributed by atoms with Crippen LogP contribution in [0.3, 0.4) is 0 Å². The predicted molar refractivity (Wildman–Crippen MR) is 144 cm³/mol. The maximum Gasteiger partial charge on any atom is 0.414 e. The van der Waals surface area contributed by atoms with E-state index in [1.54, 1.807) is 4.90 Å². The summed E-state index contributed by atoms with van der Waals surface area (Å²) in [5, 5.41) is 11.3. The Balaban J connectivity index is 1.13. The zero-order valence-corrected chi connectivity index (χ0v) is 22.4. The number of hydrogen-bond donors (Lipinski definition) is 2. The van der Waals surface area contributed by atoms with Gasteiger partial charge in [-0.1, -0.05) is 0 Å². The lowest BCUT2D eigenvalue weighted by atomic mass is 10.2. The zero-order chi connectivity index (χ0) is 30.6. The molecule has 1 saturated heterocycles. The molecule has 3 aromatic rings. The third kappa shape index (κ3) is 5.12. The summed E-state index contributed by atoms with van der Waals surface area (Å²) in [7, 11) is 0. The second-order valence-electron chi connectivity index (χ2n) is 10.5. The predicted octanol–water partition coefficient (Wildman–Crippen LogP) is 1.25. The minimum Gasteiger partial charge on any atom is -0.478 e. The van der Waals surface area contributed by atoms with Crippen LogP contribution in [0.4, 0.5) is 29.3 Å². The Morgan fingerprint density at radius 3 is 2.14 bits per heavy atom. The number of rotatable bonds is 7. The molecule has 1 aromatic heterocycles. The maximum atomic E-state index is 15.4. The van der Waals surface area contributed by atoms with E-state index in [-0.39, 0.29) is 61.3 Å². The van der Waals surface area contributed by atoms with Crippen LogP contribution in [0.2, 0.25) is 0 Å². The molecule has 2 N–H and O–H groups in total. The third-order valence-corrected chi connectivity index (χ3v) is 7.91. The first-order chi connectivity index (χ1) is 20.5. The molecule has 0 radical (unpaired) electrons. The number of carbonyl (C=O) groups excluding carboxylic acids is 2. The minimum absolute atomic E-state index is 0.0111. The largest absolute Gasteiger partial charge is 0.478 e. The van der Waals surface area contributed by atoms with E-state index in [0.717, 1.165) is 4.57 Å². The molecule has 0 bridgehead atoms. The summed E-state index contributed by atoms with van der Waals surface area (Å²) >= 11 is 0.